The van der Waals surface area contributed by atoms with Crippen LogP contribution in [0.1, 0.15) is 46.5 Å². The third-order valence-corrected chi connectivity index (χ3v) is 9.81. The molecule has 23 heavy (non-hydrogen) atoms. The van der Waals surface area contributed by atoms with Crippen LogP contribution in [0.5, 0.6) is 0 Å². The predicted molar refractivity (Wildman–Crippen MR) is 91.3 cm³/mol. The highest BCUT2D eigenvalue weighted by molar-refractivity contribution is 6.74. The molecule has 6 nitrogen and oxygen atoms in total. The molecule has 1 fully saturated rings. The van der Waals surface area contributed by atoms with Gasteiger partial charge in [-0.15, -0.1) is 0 Å². The van der Waals surface area contributed by atoms with E-state index in [0.29, 0.717) is 19.6 Å². The van der Waals surface area contributed by atoms with E-state index in [1.165, 1.54) is 0 Å². The fourth-order valence-corrected chi connectivity index (χ4v) is 3.77. The van der Waals surface area contributed by atoms with Crippen LogP contribution >= 0.6 is 0 Å². The van der Waals surface area contributed by atoms with E-state index in [-0.39, 0.29) is 11.0 Å². The van der Waals surface area contributed by atoms with Crippen molar-refractivity contribution < 1.29 is 24.2 Å². The summed E-state index contributed by atoms with van der Waals surface area (Å²) in [6, 6.07) is -0.910. The van der Waals surface area contributed by atoms with E-state index in [4.69, 9.17) is 9.53 Å². The standard InChI is InChI=1S/C16H31NO5Si/c1-16(2,3)23(4,5)22-10-6-7-12-8-9-17(15(20)21)13(11-12)14(18)19/h12-13H,6-11H2,1-5H3,(H,18,19)(H,20,21). The molecule has 1 aliphatic heterocycles. The molecule has 1 aliphatic rings. The van der Waals surface area contributed by atoms with Gasteiger partial charge >= 0.3 is 12.1 Å². The average molecular weight is 346 g/mol. The Labute approximate surface area is 139 Å². The van der Waals surface area contributed by atoms with Crippen LogP contribution < -0.4 is 0 Å². The molecule has 0 aliphatic carbocycles. The highest BCUT2D eigenvalue weighted by atomic mass is 28.4. The van der Waals surface area contributed by atoms with Gasteiger partial charge in [0.05, 0.1) is 0 Å². The molecule has 1 heterocycles. The molecule has 0 aromatic rings. The van der Waals surface area contributed by atoms with Gasteiger partial charge in [0.1, 0.15) is 6.04 Å². The molecular formula is C16H31NO5Si. The summed E-state index contributed by atoms with van der Waals surface area (Å²) in [5.41, 5.74) is 0. The Morgan fingerprint density at radius 2 is 1.87 bits per heavy atom. The topological polar surface area (TPSA) is 87.1 Å². The van der Waals surface area contributed by atoms with Crippen molar-refractivity contribution >= 4 is 20.4 Å². The molecule has 2 unspecified atom stereocenters. The Morgan fingerprint density at radius 3 is 2.35 bits per heavy atom. The summed E-state index contributed by atoms with van der Waals surface area (Å²) >= 11 is 0. The van der Waals surface area contributed by atoms with Gasteiger partial charge in [-0.05, 0) is 49.7 Å². The number of carbonyl (C=O) groups is 2. The summed E-state index contributed by atoms with van der Waals surface area (Å²) in [6.07, 6.45) is 1.79. The van der Waals surface area contributed by atoms with E-state index < -0.39 is 26.4 Å². The molecule has 1 amide bonds. The van der Waals surface area contributed by atoms with Gasteiger partial charge < -0.3 is 14.6 Å². The Kier molecular flexibility index (Phi) is 6.65. The van der Waals surface area contributed by atoms with Gasteiger partial charge in [0, 0.05) is 13.2 Å². The van der Waals surface area contributed by atoms with Gasteiger partial charge in [-0.1, -0.05) is 20.8 Å². The van der Waals surface area contributed by atoms with Crippen molar-refractivity contribution in [3.05, 3.63) is 0 Å². The van der Waals surface area contributed by atoms with Crippen molar-refractivity contribution in [1.82, 2.24) is 4.90 Å². The maximum Gasteiger partial charge on any atom is 0.408 e. The Hall–Kier alpha value is -1.08. The molecule has 0 spiro atoms. The van der Waals surface area contributed by atoms with Gasteiger partial charge in [0.2, 0.25) is 0 Å². The first-order valence-corrected chi connectivity index (χ1v) is 11.2. The molecular weight excluding hydrogens is 314 g/mol. The number of piperidine rings is 1. The second kappa shape index (κ2) is 7.66. The highest BCUT2D eigenvalue weighted by Gasteiger charge is 2.38. The van der Waals surface area contributed by atoms with Crippen LogP contribution in [-0.2, 0) is 9.22 Å². The maximum absolute atomic E-state index is 11.3. The van der Waals surface area contributed by atoms with Crippen molar-refractivity contribution in [2.75, 3.05) is 13.2 Å². The quantitative estimate of drug-likeness (QED) is 0.567. The second-order valence-corrected chi connectivity index (χ2v) is 12.8. The maximum atomic E-state index is 11.3. The second-order valence-electron chi connectivity index (χ2n) is 7.97. The lowest BCUT2D eigenvalue weighted by molar-refractivity contribution is -0.144. The monoisotopic (exact) mass is 345 g/mol. The number of hydrogen-bond donors (Lipinski definition) is 2. The number of rotatable bonds is 6. The zero-order chi connectivity index (χ0) is 17.8. The molecule has 0 aromatic carbocycles. The zero-order valence-electron chi connectivity index (χ0n) is 15.0. The molecule has 7 heteroatoms. The molecule has 1 rings (SSSR count). The minimum atomic E-state index is -1.73. The molecule has 134 valence electrons. The smallest absolute Gasteiger partial charge is 0.408 e. The Balaban J connectivity index is 2.42. The van der Waals surface area contributed by atoms with Gasteiger partial charge in [0.15, 0.2) is 8.32 Å². The Bertz CT molecular complexity index is 433. The number of amides is 1. The third-order valence-electron chi connectivity index (χ3n) is 5.27. The van der Waals surface area contributed by atoms with Gasteiger partial charge in [-0.2, -0.15) is 0 Å². The molecule has 0 radical (unpaired) electrons. The molecule has 0 aromatic heterocycles. The van der Waals surface area contributed by atoms with Gasteiger partial charge in [0.25, 0.3) is 0 Å². The normalized spacial score (nSPS) is 22.9. The molecule has 2 N–H and O–H groups in total. The van der Waals surface area contributed by atoms with Crippen molar-refractivity contribution in [2.24, 2.45) is 5.92 Å². The van der Waals surface area contributed by atoms with E-state index in [1.54, 1.807) is 0 Å². The summed E-state index contributed by atoms with van der Waals surface area (Å²) in [7, 11) is -1.73. The van der Waals surface area contributed by atoms with Crippen LogP contribution in [0.15, 0.2) is 0 Å². The van der Waals surface area contributed by atoms with Crippen LogP contribution in [0.2, 0.25) is 18.1 Å². The molecule has 0 bridgehead atoms. The van der Waals surface area contributed by atoms with Crippen LogP contribution in [-0.4, -0.2) is 54.7 Å². The summed E-state index contributed by atoms with van der Waals surface area (Å²) in [6.45, 7) is 12.1. The first-order chi connectivity index (χ1) is 10.5. The lowest BCUT2D eigenvalue weighted by atomic mass is 9.87. The van der Waals surface area contributed by atoms with Crippen molar-refractivity contribution in [2.45, 2.75) is 70.6 Å². The van der Waals surface area contributed by atoms with Gasteiger partial charge in [-0.3, -0.25) is 4.90 Å². The number of aliphatic carboxylic acids is 1. The first-order valence-electron chi connectivity index (χ1n) is 8.32. The van der Waals surface area contributed by atoms with Crippen LogP contribution in [0.4, 0.5) is 4.79 Å². The van der Waals surface area contributed by atoms with E-state index in [2.05, 4.69) is 33.9 Å². The molecule has 2 atom stereocenters. The van der Waals surface area contributed by atoms with Crippen molar-refractivity contribution in [1.29, 1.82) is 0 Å². The van der Waals surface area contributed by atoms with Crippen LogP contribution in [0.25, 0.3) is 0 Å². The lowest BCUT2D eigenvalue weighted by Gasteiger charge is -2.37. The lowest BCUT2D eigenvalue weighted by Crippen LogP contribution is -2.49. The highest BCUT2D eigenvalue weighted by Crippen LogP contribution is 2.36. The fraction of sp³-hybridized carbons (Fsp3) is 0.875. The third kappa shape index (κ3) is 5.49. The molecule has 1 saturated heterocycles. The Morgan fingerprint density at radius 1 is 1.26 bits per heavy atom. The van der Waals surface area contributed by atoms with E-state index in [1.807, 2.05) is 0 Å². The van der Waals surface area contributed by atoms with E-state index >= 15 is 0 Å². The summed E-state index contributed by atoms with van der Waals surface area (Å²) in [5, 5.41) is 18.5. The first kappa shape index (κ1) is 20.0. The summed E-state index contributed by atoms with van der Waals surface area (Å²) in [4.78, 5) is 23.4. The number of carboxylic acid groups (broad SMARTS) is 2. The van der Waals surface area contributed by atoms with Crippen LogP contribution in [0, 0.1) is 5.92 Å². The number of nitrogens with zero attached hydrogens (tertiary/aromatic N) is 1. The minimum absolute atomic E-state index is 0.189. The average Bonchev–Trinajstić information content (AvgIpc) is 2.41. The number of carboxylic acids is 1. The molecule has 0 saturated carbocycles. The van der Waals surface area contributed by atoms with Gasteiger partial charge in [-0.25, -0.2) is 9.59 Å². The SMILES string of the molecule is CC(C)(C)[Si](C)(C)OCCCC1CCN(C(=O)O)C(C(=O)O)C1. The minimum Gasteiger partial charge on any atom is -0.480 e. The van der Waals surface area contributed by atoms with Crippen molar-refractivity contribution in [3.63, 3.8) is 0 Å². The summed E-state index contributed by atoms with van der Waals surface area (Å²) in [5.74, 6) is -0.788. The van der Waals surface area contributed by atoms with Crippen LogP contribution in [0.3, 0.4) is 0 Å². The largest absolute Gasteiger partial charge is 0.480 e. The number of likely N-dealkylation sites (tertiary alicyclic amines) is 1. The van der Waals surface area contributed by atoms with Crippen molar-refractivity contribution in [3.8, 4) is 0 Å². The fourth-order valence-electron chi connectivity index (χ4n) is 2.68. The number of hydrogen-bond acceptors (Lipinski definition) is 3. The zero-order valence-corrected chi connectivity index (χ0v) is 16.0. The van der Waals surface area contributed by atoms with E-state index in [0.717, 1.165) is 24.2 Å². The predicted octanol–water partition coefficient (Wildman–Crippen LogP) is 3.63. The summed E-state index contributed by atoms with van der Waals surface area (Å²) < 4.78 is 6.14. The van der Waals surface area contributed by atoms with E-state index in [9.17, 15) is 14.7 Å².